The van der Waals surface area contributed by atoms with E-state index >= 15 is 0 Å². The van der Waals surface area contributed by atoms with Crippen LogP contribution < -0.4 is 0 Å². The van der Waals surface area contributed by atoms with E-state index in [9.17, 15) is 31.4 Å². The second-order valence-electron chi connectivity index (χ2n) is 4.98. The molecule has 128 valence electrons. The van der Waals surface area contributed by atoms with Gasteiger partial charge in [0.2, 0.25) is 0 Å². The summed E-state index contributed by atoms with van der Waals surface area (Å²) in [6.45, 7) is 0. The van der Waals surface area contributed by atoms with Gasteiger partial charge in [0.1, 0.15) is 0 Å². The summed E-state index contributed by atoms with van der Waals surface area (Å²) in [6.07, 6.45) is -9.93. The summed E-state index contributed by atoms with van der Waals surface area (Å²) < 4.78 is 78.2. The molecule has 2 rings (SSSR count). The molecule has 0 bridgehead atoms. The van der Waals surface area contributed by atoms with Crippen molar-refractivity contribution in [1.82, 2.24) is 0 Å². The van der Waals surface area contributed by atoms with Crippen LogP contribution in [0.1, 0.15) is 28.4 Å². The maximum Gasteiger partial charge on any atom is 0.416 e. The standard InChI is InChI=1S/C17H12F6O/c18-16(19,20)12-7-4-8-13(17(21,22)23)15(12)14(24)10-9-11-5-2-1-3-6-11/h1-10,14,24H. The fourth-order valence-electron chi connectivity index (χ4n) is 2.24. The van der Waals surface area contributed by atoms with Crippen molar-refractivity contribution in [2.45, 2.75) is 18.5 Å². The normalized spacial score (nSPS) is 14.1. The van der Waals surface area contributed by atoms with Crippen LogP contribution in [0.4, 0.5) is 26.3 Å². The molecule has 2 aromatic carbocycles. The number of hydrogen-bond donors (Lipinski definition) is 1. The van der Waals surface area contributed by atoms with E-state index in [0.717, 1.165) is 6.08 Å². The van der Waals surface area contributed by atoms with Crippen LogP contribution in [-0.2, 0) is 12.4 Å². The van der Waals surface area contributed by atoms with Crippen molar-refractivity contribution in [2.24, 2.45) is 0 Å². The number of aliphatic hydroxyl groups excluding tert-OH is 1. The van der Waals surface area contributed by atoms with Crippen LogP contribution in [0.25, 0.3) is 6.08 Å². The molecule has 0 amide bonds. The number of benzene rings is 2. The lowest BCUT2D eigenvalue weighted by Crippen LogP contribution is -2.18. The molecule has 0 saturated carbocycles. The smallest absolute Gasteiger partial charge is 0.384 e. The number of alkyl halides is 6. The Morgan fingerprint density at radius 1 is 0.750 bits per heavy atom. The average molecular weight is 346 g/mol. The minimum absolute atomic E-state index is 0.518. The molecule has 0 fully saturated rings. The van der Waals surface area contributed by atoms with Gasteiger partial charge in [-0.1, -0.05) is 48.6 Å². The van der Waals surface area contributed by atoms with Crippen LogP contribution in [0.15, 0.2) is 54.6 Å². The minimum atomic E-state index is -5.02. The molecule has 24 heavy (non-hydrogen) atoms. The predicted octanol–water partition coefficient (Wildman–Crippen LogP) is 5.47. The zero-order valence-electron chi connectivity index (χ0n) is 12.1. The second kappa shape index (κ2) is 6.68. The van der Waals surface area contributed by atoms with Gasteiger partial charge >= 0.3 is 12.4 Å². The maximum atomic E-state index is 13.0. The first-order valence-electron chi connectivity index (χ1n) is 6.79. The Hall–Kier alpha value is -2.28. The van der Waals surface area contributed by atoms with Crippen LogP contribution in [0.5, 0.6) is 0 Å². The van der Waals surface area contributed by atoms with Gasteiger partial charge in [0.25, 0.3) is 0 Å². The maximum absolute atomic E-state index is 13.0. The highest BCUT2D eigenvalue weighted by Crippen LogP contribution is 2.42. The second-order valence-corrected chi connectivity index (χ2v) is 4.98. The third-order valence-corrected chi connectivity index (χ3v) is 3.28. The van der Waals surface area contributed by atoms with Gasteiger partial charge in [-0.3, -0.25) is 0 Å². The van der Waals surface area contributed by atoms with Gasteiger partial charge in [-0.2, -0.15) is 26.3 Å². The number of rotatable bonds is 3. The van der Waals surface area contributed by atoms with Crippen molar-refractivity contribution in [3.05, 3.63) is 76.9 Å². The molecule has 0 aliphatic rings. The Balaban J connectivity index is 2.52. The van der Waals surface area contributed by atoms with Gasteiger partial charge in [0, 0.05) is 5.56 Å². The van der Waals surface area contributed by atoms with Crippen LogP contribution in [0.3, 0.4) is 0 Å². The van der Waals surface area contributed by atoms with E-state index in [-0.39, 0.29) is 0 Å². The molecular weight excluding hydrogens is 334 g/mol. The summed E-state index contributed by atoms with van der Waals surface area (Å²) in [4.78, 5) is 0. The lowest BCUT2D eigenvalue weighted by atomic mass is 9.94. The molecule has 0 saturated heterocycles. The third kappa shape index (κ3) is 4.17. The first kappa shape index (κ1) is 18.1. The zero-order chi connectivity index (χ0) is 18.0. The molecule has 0 radical (unpaired) electrons. The fourth-order valence-corrected chi connectivity index (χ4v) is 2.24. The van der Waals surface area contributed by atoms with Gasteiger partial charge in [-0.15, -0.1) is 0 Å². The SMILES string of the molecule is OC(C=Cc1ccccc1)c1c(C(F)(F)F)cccc1C(F)(F)F. The van der Waals surface area contributed by atoms with Crippen molar-refractivity contribution >= 4 is 6.08 Å². The molecule has 1 N–H and O–H groups in total. The summed E-state index contributed by atoms with van der Waals surface area (Å²) in [5.41, 5.74) is -3.69. The zero-order valence-corrected chi connectivity index (χ0v) is 12.1. The van der Waals surface area contributed by atoms with Crippen molar-refractivity contribution in [2.75, 3.05) is 0 Å². The average Bonchev–Trinajstić information content (AvgIpc) is 2.51. The molecule has 0 aromatic heterocycles. The molecule has 7 heteroatoms. The topological polar surface area (TPSA) is 20.2 Å². The Bertz CT molecular complexity index is 684. The van der Waals surface area contributed by atoms with Gasteiger partial charge in [-0.05, 0) is 17.7 Å². The number of aliphatic hydroxyl groups is 1. The highest BCUT2D eigenvalue weighted by Gasteiger charge is 2.41. The van der Waals surface area contributed by atoms with Crippen LogP contribution in [0.2, 0.25) is 0 Å². The highest BCUT2D eigenvalue weighted by atomic mass is 19.4. The monoisotopic (exact) mass is 346 g/mol. The van der Waals surface area contributed by atoms with E-state index in [1.54, 1.807) is 30.3 Å². The largest absolute Gasteiger partial charge is 0.416 e. The molecule has 1 unspecified atom stereocenters. The molecule has 1 nitrogen and oxygen atoms in total. The molecule has 1 atom stereocenters. The molecule has 2 aromatic rings. The first-order valence-corrected chi connectivity index (χ1v) is 6.79. The van der Waals surface area contributed by atoms with Crippen LogP contribution in [0, 0.1) is 0 Å². The lowest BCUT2D eigenvalue weighted by molar-refractivity contribution is -0.145. The van der Waals surface area contributed by atoms with E-state index in [0.29, 0.717) is 23.8 Å². The van der Waals surface area contributed by atoms with Crippen molar-refractivity contribution < 1.29 is 31.4 Å². The van der Waals surface area contributed by atoms with E-state index in [2.05, 4.69) is 0 Å². The molecular formula is C17H12F6O. The summed E-state index contributed by atoms with van der Waals surface area (Å²) in [5.74, 6) is 0. The van der Waals surface area contributed by atoms with E-state index < -0.39 is 35.1 Å². The fraction of sp³-hybridized carbons (Fsp3) is 0.176. The quantitative estimate of drug-likeness (QED) is 0.731. The van der Waals surface area contributed by atoms with Gasteiger partial charge in [-0.25, -0.2) is 0 Å². The van der Waals surface area contributed by atoms with Crippen LogP contribution in [-0.4, -0.2) is 5.11 Å². The Morgan fingerprint density at radius 3 is 1.71 bits per heavy atom. The first-order chi connectivity index (χ1) is 11.1. The van der Waals surface area contributed by atoms with Crippen molar-refractivity contribution in [1.29, 1.82) is 0 Å². The summed E-state index contributed by atoms with van der Waals surface area (Å²) in [5, 5.41) is 9.98. The van der Waals surface area contributed by atoms with Crippen LogP contribution >= 0.6 is 0 Å². The third-order valence-electron chi connectivity index (χ3n) is 3.28. The number of halogens is 6. The molecule has 0 aliphatic carbocycles. The predicted molar refractivity (Wildman–Crippen MR) is 76.9 cm³/mol. The van der Waals surface area contributed by atoms with Crippen molar-refractivity contribution in [3.63, 3.8) is 0 Å². The highest BCUT2D eigenvalue weighted by molar-refractivity contribution is 5.52. The molecule has 0 aliphatic heterocycles. The van der Waals surface area contributed by atoms with E-state index in [1.807, 2.05) is 0 Å². The Kier molecular flexibility index (Phi) is 5.03. The van der Waals surface area contributed by atoms with E-state index in [1.165, 1.54) is 6.08 Å². The Morgan fingerprint density at radius 2 is 1.25 bits per heavy atom. The summed E-state index contributed by atoms with van der Waals surface area (Å²) in [6, 6.07) is 9.91. The summed E-state index contributed by atoms with van der Waals surface area (Å²) in [7, 11) is 0. The minimum Gasteiger partial charge on any atom is -0.384 e. The van der Waals surface area contributed by atoms with Gasteiger partial charge in [0.15, 0.2) is 0 Å². The lowest BCUT2D eigenvalue weighted by Gasteiger charge is -2.20. The van der Waals surface area contributed by atoms with Gasteiger partial charge in [0.05, 0.1) is 17.2 Å². The van der Waals surface area contributed by atoms with Crippen molar-refractivity contribution in [3.8, 4) is 0 Å². The van der Waals surface area contributed by atoms with E-state index in [4.69, 9.17) is 0 Å². The molecule has 0 spiro atoms. The number of hydrogen-bond acceptors (Lipinski definition) is 1. The summed E-state index contributed by atoms with van der Waals surface area (Å²) >= 11 is 0. The molecule has 0 heterocycles. The Labute approximate surface area is 133 Å². The van der Waals surface area contributed by atoms with Gasteiger partial charge < -0.3 is 5.11 Å².